The lowest BCUT2D eigenvalue weighted by Crippen LogP contribution is -2.13. The normalized spacial score (nSPS) is 9.87. The predicted molar refractivity (Wildman–Crippen MR) is 57.3 cm³/mol. The number of hydrogen-bond acceptors (Lipinski definition) is 2. The van der Waals surface area contributed by atoms with E-state index in [1.54, 1.807) is 0 Å². The van der Waals surface area contributed by atoms with E-state index in [4.69, 9.17) is 27.9 Å². The molecule has 82 valence electrons. The van der Waals surface area contributed by atoms with Crippen LogP contribution in [-0.2, 0) is 4.79 Å². The maximum atomic E-state index is 13.3. The van der Waals surface area contributed by atoms with Crippen LogP contribution in [0.2, 0.25) is 5.02 Å². The minimum absolute atomic E-state index is 0.0121. The topological polar surface area (TPSA) is 38.3 Å². The smallest absolute Gasteiger partial charge is 0.239 e. The van der Waals surface area contributed by atoms with Crippen molar-refractivity contribution in [1.29, 1.82) is 0 Å². The van der Waals surface area contributed by atoms with Crippen molar-refractivity contribution in [1.82, 2.24) is 0 Å². The van der Waals surface area contributed by atoms with Crippen molar-refractivity contribution in [3.63, 3.8) is 0 Å². The summed E-state index contributed by atoms with van der Waals surface area (Å²) in [6.45, 7) is 0. The zero-order valence-electron chi connectivity index (χ0n) is 7.81. The fraction of sp³-hybridized carbons (Fsp3) is 0.222. The largest absolute Gasteiger partial charge is 0.495 e. The van der Waals surface area contributed by atoms with Gasteiger partial charge in [-0.2, -0.15) is 0 Å². The molecule has 0 radical (unpaired) electrons. The molecular formula is C9H8Cl2FNO2. The molecule has 3 nitrogen and oxygen atoms in total. The summed E-state index contributed by atoms with van der Waals surface area (Å²) in [5.41, 5.74) is -0.0121. The van der Waals surface area contributed by atoms with Crippen LogP contribution in [0.1, 0.15) is 0 Å². The van der Waals surface area contributed by atoms with E-state index in [0.717, 1.165) is 6.07 Å². The number of amides is 1. The summed E-state index contributed by atoms with van der Waals surface area (Å²) in [6, 6.07) is 2.35. The zero-order chi connectivity index (χ0) is 11.4. The third-order valence-electron chi connectivity index (χ3n) is 1.64. The molecule has 0 saturated carbocycles. The molecule has 15 heavy (non-hydrogen) atoms. The van der Waals surface area contributed by atoms with Crippen molar-refractivity contribution in [2.75, 3.05) is 18.3 Å². The second-order valence-electron chi connectivity index (χ2n) is 2.65. The Hall–Kier alpha value is -1.00. The minimum atomic E-state index is -0.640. The van der Waals surface area contributed by atoms with Crippen LogP contribution in [0.15, 0.2) is 12.1 Å². The lowest BCUT2D eigenvalue weighted by Gasteiger charge is -2.08. The molecule has 0 aliphatic carbocycles. The van der Waals surface area contributed by atoms with Crippen LogP contribution in [-0.4, -0.2) is 18.9 Å². The molecular weight excluding hydrogens is 244 g/mol. The summed E-state index contributed by atoms with van der Waals surface area (Å²) in [7, 11) is 1.40. The van der Waals surface area contributed by atoms with Crippen molar-refractivity contribution in [2.24, 2.45) is 0 Å². The number of methoxy groups -OCH3 is 1. The molecule has 0 aliphatic heterocycles. The molecule has 0 spiro atoms. The van der Waals surface area contributed by atoms with Gasteiger partial charge in [-0.05, 0) is 6.07 Å². The van der Waals surface area contributed by atoms with Gasteiger partial charge in [0.15, 0.2) is 0 Å². The van der Waals surface area contributed by atoms with Crippen LogP contribution in [0.4, 0.5) is 10.1 Å². The van der Waals surface area contributed by atoms with Gasteiger partial charge in [-0.25, -0.2) is 4.39 Å². The van der Waals surface area contributed by atoms with Gasteiger partial charge in [0.05, 0.1) is 17.8 Å². The molecule has 0 heterocycles. The van der Waals surface area contributed by atoms with Crippen molar-refractivity contribution in [2.45, 2.75) is 0 Å². The Bertz CT molecular complexity index is 385. The van der Waals surface area contributed by atoms with Crippen LogP contribution < -0.4 is 10.1 Å². The number of carbonyl (C=O) groups is 1. The number of rotatable bonds is 3. The number of hydrogen-bond donors (Lipinski definition) is 1. The molecule has 0 bridgehead atoms. The van der Waals surface area contributed by atoms with Crippen LogP contribution in [0.25, 0.3) is 0 Å². The lowest BCUT2D eigenvalue weighted by atomic mass is 10.3. The van der Waals surface area contributed by atoms with E-state index in [9.17, 15) is 9.18 Å². The first kappa shape index (κ1) is 12.1. The molecule has 0 atom stereocenters. The second kappa shape index (κ2) is 5.19. The van der Waals surface area contributed by atoms with Gasteiger partial charge >= 0.3 is 0 Å². The Kier molecular flexibility index (Phi) is 4.17. The van der Waals surface area contributed by atoms with Crippen molar-refractivity contribution in [3.05, 3.63) is 23.0 Å². The fourth-order valence-corrected chi connectivity index (χ4v) is 1.26. The molecule has 1 N–H and O–H groups in total. The molecule has 6 heteroatoms. The Morgan fingerprint density at radius 2 is 2.27 bits per heavy atom. The summed E-state index contributed by atoms with van der Waals surface area (Å²) in [5, 5.41) is 2.42. The van der Waals surface area contributed by atoms with Crippen LogP contribution in [0.5, 0.6) is 5.75 Å². The van der Waals surface area contributed by atoms with Crippen molar-refractivity contribution >= 4 is 34.8 Å². The van der Waals surface area contributed by atoms with Gasteiger partial charge in [-0.1, -0.05) is 11.6 Å². The van der Waals surface area contributed by atoms with E-state index in [-0.39, 0.29) is 22.3 Å². The van der Waals surface area contributed by atoms with Crippen LogP contribution >= 0.6 is 23.2 Å². The maximum absolute atomic E-state index is 13.3. The first-order valence-corrected chi connectivity index (χ1v) is 4.88. The Morgan fingerprint density at radius 1 is 1.60 bits per heavy atom. The number of alkyl halides is 1. The summed E-state index contributed by atoms with van der Waals surface area (Å²) in [6.07, 6.45) is 0. The predicted octanol–water partition coefficient (Wildman–Crippen LogP) is 2.67. The lowest BCUT2D eigenvalue weighted by molar-refractivity contribution is -0.113. The molecule has 0 fully saturated rings. The van der Waals surface area contributed by atoms with Gasteiger partial charge in [0.25, 0.3) is 0 Å². The molecule has 1 aromatic rings. The Balaban J connectivity index is 3.02. The second-order valence-corrected chi connectivity index (χ2v) is 3.32. The van der Waals surface area contributed by atoms with E-state index in [1.165, 1.54) is 13.2 Å². The average Bonchev–Trinajstić information content (AvgIpc) is 2.21. The van der Waals surface area contributed by atoms with E-state index in [0.29, 0.717) is 0 Å². The van der Waals surface area contributed by atoms with Gasteiger partial charge < -0.3 is 10.1 Å². The first-order chi connectivity index (χ1) is 7.08. The van der Waals surface area contributed by atoms with Crippen LogP contribution in [0, 0.1) is 5.82 Å². The SMILES string of the molecule is COc1cc(NC(=O)CCl)c(F)cc1Cl. The summed E-state index contributed by atoms with van der Waals surface area (Å²) in [4.78, 5) is 10.9. The summed E-state index contributed by atoms with van der Waals surface area (Å²) in [5.74, 6) is -1.10. The Morgan fingerprint density at radius 3 is 2.80 bits per heavy atom. The number of nitrogens with one attached hydrogen (secondary N) is 1. The van der Waals surface area contributed by atoms with Gasteiger partial charge in [0.2, 0.25) is 5.91 Å². The fourth-order valence-electron chi connectivity index (χ4n) is 0.965. The third-order valence-corrected chi connectivity index (χ3v) is 2.18. The standard InChI is InChI=1S/C9H8Cl2FNO2/c1-15-8-3-7(13-9(14)4-10)6(12)2-5(8)11/h2-3H,4H2,1H3,(H,13,14). The Labute approximate surface area is 96.1 Å². The molecule has 1 rings (SSSR count). The average molecular weight is 252 g/mol. The van der Waals surface area contributed by atoms with E-state index >= 15 is 0 Å². The quantitative estimate of drug-likeness (QED) is 0.840. The van der Waals surface area contributed by atoms with E-state index in [2.05, 4.69) is 5.32 Å². The highest BCUT2D eigenvalue weighted by Crippen LogP contribution is 2.30. The van der Waals surface area contributed by atoms with Gasteiger partial charge in [-0.3, -0.25) is 4.79 Å². The number of anilines is 1. The molecule has 0 saturated heterocycles. The monoisotopic (exact) mass is 251 g/mol. The molecule has 0 unspecified atom stereocenters. The summed E-state index contributed by atoms with van der Waals surface area (Å²) >= 11 is 10.9. The van der Waals surface area contributed by atoms with Crippen LogP contribution in [0.3, 0.4) is 0 Å². The van der Waals surface area contributed by atoms with Gasteiger partial charge in [0.1, 0.15) is 17.4 Å². The van der Waals surface area contributed by atoms with Gasteiger partial charge in [0, 0.05) is 6.07 Å². The zero-order valence-corrected chi connectivity index (χ0v) is 9.32. The highest BCUT2D eigenvalue weighted by atomic mass is 35.5. The number of halogens is 3. The van der Waals surface area contributed by atoms with Crippen molar-refractivity contribution < 1.29 is 13.9 Å². The number of ether oxygens (including phenoxy) is 1. The van der Waals surface area contributed by atoms with E-state index in [1.807, 2.05) is 0 Å². The third kappa shape index (κ3) is 2.97. The summed E-state index contributed by atoms with van der Waals surface area (Å²) < 4.78 is 18.1. The number of carbonyl (C=O) groups excluding carboxylic acids is 1. The maximum Gasteiger partial charge on any atom is 0.239 e. The molecule has 1 amide bonds. The number of benzene rings is 1. The van der Waals surface area contributed by atoms with Crippen molar-refractivity contribution in [3.8, 4) is 5.75 Å². The molecule has 0 aromatic heterocycles. The van der Waals surface area contributed by atoms with Gasteiger partial charge in [-0.15, -0.1) is 11.6 Å². The first-order valence-electron chi connectivity index (χ1n) is 3.97. The molecule has 1 aromatic carbocycles. The highest BCUT2D eigenvalue weighted by molar-refractivity contribution is 6.32. The molecule has 0 aliphatic rings. The van der Waals surface area contributed by atoms with E-state index < -0.39 is 11.7 Å². The highest BCUT2D eigenvalue weighted by Gasteiger charge is 2.10. The minimum Gasteiger partial charge on any atom is -0.495 e.